The molecule has 2 aliphatic rings. The minimum atomic E-state index is -0.0771. The molecule has 37 heavy (non-hydrogen) atoms. The van der Waals surface area contributed by atoms with Gasteiger partial charge in [-0.3, -0.25) is 14.3 Å². The number of aryl methyl sites for hydroxylation is 1. The fraction of sp³-hybridized carbons (Fsp3) is 0.483. The monoisotopic (exact) mass is 522 g/mol. The van der Waals surface area contributed by atoms with Gasteiger partial charge in [0.15, 0.2) is 0 Å². The van der Waals surface area contributed by atoms with Crippen molar-refractivity contribution in [1.82, 2.24) is 20.0 Å². The third-order valence-electron chi connectivity index (χ3n) is 7.55. The minimum Gasteiger partial charge on any atom is -0.376 e. The average Bonchev–Trinajstić information content (AvgIpc) is 3.64. The van der Waals surface area contributed by atoms with E-state index in [4.69, 9.17) is 21.4 Å². The summed E-state index contributed by atoms with van der Waals surface area (Å²) in [4.78, 5) is 27.6. The highest BCUT2D eigenvalue weighted by Gasteiger charge is 2.25. The van der Waals surface area contributed by atoms with Crippen molar-refractivity contribution in [3.63, 3.8) is 0 Å². The van der Waals surface area contributed by atoms with E-state index in [0.717, 1.165) is 55.5 Å². The molecular formula is C29H35ClN4O3. The van der Waals surface area contributed by atoms with Crippen LogP contribution in [-0.2, 0) is 11.3 Å². The van der Waals surface area contributed by atoms with E-state index in [0.29, 0.717) is 34.5 Å². The zero-order valence-corrected chi connectivity index (χ0v) is 22.3. The SMILES string of the molecule is Cc1c(C(=O)NCC(C)OCC2CC2)ccc2nn(CC3CCN(C(=O)c4ccc(Cl)cc4)CC3)cc12. The van der Waals surface area contributed by atoms with Crippen LogP contribution in [0.5, 0.6) is 0 Å². The van der Waals surface area contributed by atoms with Crippen LogP contribution in [0.15, 0.2) is 42.6 Å². The first-order valence-corrected chi connectivity index (χ1v) is 13.7. The van der Waals surface area contributed by atoms with Gasteiger partial charge >= 0.3 is 0 Å². The zero-order valence-electron chi connectivity index (χ0n) is 21.6. The molecule has 1 aliphatic heterocycles. The number of halogens is 1. The largest absolute Gasteiger partial charge is 0.376 e. The van der Waals surface area contributed by atoms with E-state index in [1.54, 1.807) is 24.3 Å². The van der Waals surface area contributed by atoms with Crippen molar-refractivity contribution in [3.05, 3.63) is 64.3 Å². The molecule has 1 atom stereocenters. The number of hydrogen-bond acceptors (Lipinski definition) is 4. The summed E-state index contributed by atoms with van der Waals surface area (Å²) in [5.74, 6) is 1.14. The number of amides is 2. The lowest BCUT2D eigenvalue weighted by Gasteiger charge is -2.32. The molecule has 5 rings (SSSR count). The second-order valence-corrected chi connectivity index (χ2v) is 11.0. The van der Waals surface area contributed by atoms with Gasteiger partial charge in [-0.05, 0) is 93.3 Å². The van der Waals surface area contributed by atoms with Gasteiger partial charge in [0.1, 0.15) is 0 Å². The van der Waals surface area contributed by atoms with Gasteiger partial charge < -0.3 is 15.0 Å². The molecule has 8 heteroatoms. The number of likely N-dealkylation sites (tertiary alicyclic amines) is 1. The third kappa shape index (κ3) is 6.33. The Balaban J connectivity index is 1.15. The van der Waals surface area contributed by atoms with E-state index < -0.39 is 0 Å². The van der Waals surface area contributed by atoms with E-state index in [-0.39, 0.29) is 17.9 Å². The number of nitrogens with one attached hydrogen (secondary N) is 1. The normalized spacial score (nSPS) is 17.2. The second-order valence-electron chi connectivity index (χ2n) is 10.6. The minimum absolute atomic E-state index is 0.00392. The first kappa shape index (κ1) is 25.7. The molecule has 1 aromatic heterocycles. The van der Waals surface area contributed by atoms with E-state index in [2.05, 4.69) is 5.32 Å². The van der Waals surface area contributed by atoms with E-state index in [9.17, 15) is 9.59 Å². The molecule has 2 amide bonds. The molecule has 1 unspecified atom stereocenters. The van der Waals surface area contributed by atoms with Gasteiger partial charge in [0.2, 0.25) is 0 Å². The highest BCUT2D eigenvalue weighted by Crippen LogP contribution is 2.29. The van der Waals surface area contributed by atoms with Gasteiger partial charge in [-0.15, -0.1) is 0 Å². The predicted octanol–water partition coefficient (Wildman–Crippen LogP) is 5.10. The van der Waals surface area contributed by atoms with Gasteiger partial charge in [0.25, 0.3) is 11.8 Å². The van der Waals surface area contributed by atoms with Crippen LogP contribution in [0.25, 0.3) is 10.9 Å². The number of fused-ring (bicyclic) bond motifs is 1. The smallest absolute Gasteiger partial charge is 0.253 e. The lowest BCUT2D eigenvalue weighted by molar-refractivity contribution is 0.0555. The van der Waals surface area contributed by atoms with Gasteiger partial charge in [-0.2, -0.15) is 5.10 Å². The molecule has 196 valence electrons. The molecular weight excluding hydrogens is 488 g/mol. The highest BCUT2D eigenvalue weighted by molar-refractivity contribution is 6.30. The van der Waals surface area contributed by atoms with E-state index in [1.165, 1.54) is 12.8 Å². The first-order chi connectivity index (χ1) is 17.9. The Morgan fingerprint density at radius 3 is 2.51 bits per heavy atom. The van der Waals surface area contributed by atoms with Crippen LogP contribution >= 0.6 is 11.6 Å². The van der Waals surface area contributed by atoms with Crippen LogP contribution in [0.1, 0.15) is 58.9 Å². The molecule has 2 heterocycles. The van der Waals surface area contributed by atoms with Gasteiger partial charge in [-0.25, -0.2) is 0 Å². The Hall–Kier alpha value is -2.90. The van der Waals surface area contributed by atoms with Crippen LogP contribution < -0.4 is 5.32 Å². The summed E-state index contributed by atoms with van der Waals surface area (Å²) in [5, 5.41) is 9.42. The number of benzene rings is 2. The summed E-state index contributed by atoms with van der Waals surface area (Å²) in [6, 6.07) is 10.9. The summed E-state index contributed by atoms with van der Waals surface area (Å²) in [5.41, 5.74) is 3.19. The maximum atomic E-state index is 12.9. The van der Waals surface area contributed by atoms with Crippen LogP contribution in [0.4, 0.5) is 0 Å². The van der Waals surface area contributed by atoms with Crippen LogP contribution in [0.3, 0.4) is 0 Å². The van der Waals surface area contributed by atoms with Crippen molar-refractivity contribution in [3.8, 4) is 0 Å². The van der Waals surface area contributed by atoms with E-state index in [1.807, 2.05) is 41.8 Å². The average molecular weight is 523 g/mol. The zero-order chi connectivity index (χ0) is 25.9. The van der Waals surface area contributed by atoms with Crippen molar-refractivity contribution in [2.75, 3.05) is 26.2 Å². The predicted molar refractivity (Wildman–Crippen MR) is 145 cm³/mol. The van der Waals surface area contributed by atoms with Crippen LogP contribution in [0, 0.1) is 18.8 Å². The summed E-state index contributed by atoms with van der Waals surface area (Å²) in [6.07, 6.45) is 6.44. The van der Waals surface area contributed by atoms with E-state index >= 15 is 0 Å². The summed E-state index contributed by atoms with van der Waals surface area (Å²) < 4.78 is 7.81. The summed E-state index contributed by atoms with van der Waals surface area (Å²) in [7, 11) is 0. The standard InChI is InChI=1S/C29H35ClN4O3/c1-19(37-18-22-3-4-22)15-31-28(35)25-9-10-27-26(20(25)2)17-34(32-27)16-21-11-13-33(14-12-21)29(36)23-5-7-24(30)8-6-23/h5-10,17,19,21-22H,3-4,11-16,18H2,1-2H3,(H,31,35). The Bertz CT molecular complexity index is 1260. The van der Waals surface area contributed by atoms with Gasteiger partial charge in [0.05, 0.1) is 11.6 Å². The molecule has 2 fully saturated rings. The number of rotatable bonds is 9. The number of carbonyl (C=O) groups excluding carboxylic acids is 2. The fourth-order valence-corrected chi connectivity index (χ4v) is 5.08. The van der Waals surface area contributed by atoms with Crippen molar-refractivity contribution in [2.24, 2.45) is 11.8 Å². The molecule has 3 aromatic rings. The summed E-state index contributed by atoms with van der Waals surface area (Å²) in [6.45, 7) is 7.55. The van der Waals surface area contributed by atoms with Gasteiger partial charge in [-0.1, -0.05) is 11.6 Å². The maximum absolute atomic E-state index is 12.9. The maximum Gasteiger partial charge on any atom is 0.253 e. The molecule has 1 saturated carbocycles. The topological polar surface area (TPSA) is 76.5 Å². The van der Waals surface area contributed by atoms with Crippen molar-refractivity contribution >= 4 is 34.3 Å². The highest BCUT2D eigenvalue weighted by atomic mass is 35.5. The molecule has 0 spiro atoms. The van der Waals surface area contributed by atoms with Gasteiger partial charge in [0, 0.05) is 60.5 Å². The molecule has 0 radical (unpaired) electrons. The molecule has 1 aliphatic carbocycles. The van der Waals surface area contributed by atoms with Crippen molar-refractivity contribution < 1.29 is 14.3 Å². The summed E-state index contributed by atoms with van der Waals surface area (Å²) >= 11 is 5.95. The van der Waals surface area contributed by atoms with Crippen molar-refractivity contribution in [1.29, 1.82) is 0 Å². The fourth-order valence-electron chi connectivity index (χ4n) is 4.95. The Kier molecular flexibility index (Phi) is 7.81. The van der Waals surface area contributed by atoms with Crippen LogP contribution in [0.2, 0.25) is 5.02 Å². The molecule has 2 aromatic carbocycles. The lowest BCUT2D eigenvalue weighted by atomic mass is 9.96. The van der Waals surface area contributed by atoms with Crippen LogP contribution in [-0.4, -0.2) is 58.8 Å². The quantitative estimate of drug-likeness (QED) is 0.424. The number of nitrogens with zero attached hydrogens (tertiary/aromatic N) is 3. The molecule has 1 N–H and O–H groups in total. The number of carbonyl (C=O) groups is 2. The molecule has 0 bridgehead atoms. The van der Waals surface area contributed by atoms with Crippen molar-refractivity contribution in [2.45, 2.75) is 52.2 Å². The molecule has 7 nitrogen and oxygen atoms in total. The third-order valence-corrected chi connectivity index (χ3v) is 7.80. The molecule has 1 saturated heterocycles. The Morgan fingerprint density at radius 1 is 1.08 bits per heavy atom. The first-order valence-electron chi connectivity index (χ1n) is 13.3. The number of piperidine rings is 1. The Labute approximate surface area is 223 Å². The number of ether oxygens (including phenoxy) is 1. The second kappa shape index (κ2) is 11.2. The number of aromatic nitrogens is 2. The number of hydrogen-bond donors (Lipinski definition) is 1. The Morgan fingerprint density at radius 2 is 1.81 bits per heavy atom. The lowest BCUT2D eigenvalue weighted by Crippen LogP contribution is -2.39.